The van der Waals surface area contributed by atoms with E-state index in [9.17, 15) is 34.3 Å². The van der Waals surface area contributed by atoms with Gasteiger partial charge in [0.15, 0.2) is 5.75 Å². The molecule has 38 heavy (non-hydrogen) atoms. The fourth-order valence-electron chi connectivity index (χ4n) is 4.24. The van der Waals surface area contributed by atoms with Crippen molar-refractivity contribution in [2.45, 2.75) is 26.8 Å². The molecular weight excluding hydrogens is 495 g/mol. The van der Waals surface area contributed by atoms with E-state index in [0.717, 1.165) is 29.2 Å². The number of benzene rings is 3. The lowest BCUT2D eigenvalue weighted by atomic mass is 9.94. The van der Waals surface area contributed by atoms with Crippen molar-refractivity contribution in [1.29, 1.82) is 0 Å². The summed E-state index contributed by atoms with van der Waals surface area (Å²) in [6.45, 7) is 6.26. The molecule has 1 unspecified atom stereocenters. The summed E-state index contributed by atoms with van der Waals surface area (Å²) in [5.74, 6) is -2.82. The Morgan fingerprint density at radius 2 is 1.79 bits per heavy atom. The highest BCUT2D eigenvalue weighted by Crippen LogP contribution is 2.44. The zero-order chi connectivity index (χ0) is 27.7. The third-order valence-electron chi connectivity index (χ3n) is 6.08. The lowest BCUT2D eigenvalue weighted by Gasteiger charge is -2.25. The number of aromatic hydroxyl groups is 1. The van der Waals surface area contributed by atoms with Gasteiger partial charge in [-0.25, -0.2) is 4.39 Å². The van der Waals surface area contributed by atoms with Crippen LogP contribution in [0.3, 0.4) is 0 Å². The molecule has 10 heteroatoms. The van der Waals surface area contributed by atoms with Gasteiger partial charge in [-0.2, -0.15) is 0 Å². The number of phenolic OH excluding ortho intramolecular Hbond substituents is 1. The maximum Gasteiger partial charge on any atom is 0.311 e. The standard InChI is InChI=1S/C28H25FN2O7/c1-15(2)14-38-23-11-5-18(12-16(23)3)26(33)24-25(17-4-10-22(32)21(13-17)31(36)37)30(28(35)27(24)34)20-8-6-19(29)7-9-20/h4-13,15,25,32-33H,14H2,1-3H3/b26-24-. The first-order chi connectivity index (χ1) is 18.0. The highest BCUT2D eigenvalue weighted by Gasteiger charge is 2.47. The molecule has 0 radical (unpaired) electrons. The van der Waals surface area contributed by atoms with Gasteiger partial charge in [0.05, 0.1) is 23.1 Å². The third kappa shape index (κ3) is 4.93. The number of aryl methyl sites for hydroxylation is 1. The number of hydrogen-bond donors (Lipinski definition) is 2. The van der Waals surface area contributed by atoms with Gasteiger partial charge in [0, 0.05) is 17.3 Å². The first-order valence-electron chi connectivity index (χ1n) is 11.8. The number of nitrogens with zero attached hydrogens (tertiary/aromatic N) is 2. The minimum absolute atomic E-state index is 0.0909. The van der Waals surface area contributed by atoms with Crippen LogP contribution in [0, 0.1) is 28.8 Å². The minimum atomic E-state index is -1.29. The van der Waals surface area contributed by atoms with Crippen LogP contribution in [0.4, 0.5) is 15.8 Å². The smallest absolute Gasteiger partial charge is 0.311 e. The quantitative estimate of drug-likeness (QED) is 0.140. The van der Waals surface area contributed by atoms with E-state index in [0.29, 0.717) is 23.8 Å². The second kappa shape index (κ2) is 10.3. The molecule has 1 fully saturated rings. The summed E-state index contributed by atoms with van der Waals surface area (Å²) in [7, 11) is 0. The number of amides is 1. The van der Waals surface area contributed by atoms with Crippen molar-refractivity contribution in [2.24, 2.45) is 5.92 Å². The molecular formula is C28H25FN2O7. The zero-order valence-electron chi connectivity index (χ0n) is 20.8. The first kappa shape index (κ1) is 26.3. The summed E-state index contributed by atoms with van der Waals surface area (Å²) in [4.78, 5) is 38.2. The molecule has 0 bridgehead atoms. The highest BCUT2D eigenvalue weighted by molar-refractivity contribution is 6.51. The normalized spacial score (nSPS) is 16.8. The molecule has 0 aliphatic carbocycles. The number of aliphatic hydroxyl groups is 1. The van der Waals surface area contributed by atoms with Crippen molar-refractivity contribution in [3.63, 3.8) is 0 Å². The highest BCUT2D eigenvalue weighted by atomic mass is 19.1. The Morgan fingerprint density at radius 3 is 2.39 bits per heavy atom. The minimum Gasteiger partial charge on any atom is -0.507 e. The number of carbonyl (C=O) groups excluding carboxylic acids is 2. The largest absolute Gasteiger partial charge is 0.507 e. The van der Waals surface area contributed by atoms with Crippen molar-refractivity contribution in [1.82, 2.24) is 0 Å². The SMILES string of the molecule is Cc1cc(/C(O)=C2/C(=O)C(=O)N(c3ccc(F)cc3)C2c2ccc(O)c([N+](=O)[O-])c2)ccc1OCC(C)C. The molecule has 1 atom stereocenters. The average molecular weight is 521 g/mol. The average Bonchev–Trinajstić information content (AvgIpc) is 3.13. The van der Waals surface area contributed by atoms with Crippen LogP contribution in [-0.2, 0) is 9.59 Å². The van der Waals surface area contributed by atoms with E-state index < -0.39 is 45.7 Å². The van der Waals surface area contributed by atoms with Gasteiger partial charge >= 0.3 is 5.69 Å². The number of phenols is 1. The monoisotopic (exact) mass is 520 g/mol. The van der Waals surface area contributed by atoms with Crippen molar-refractivity contribution in [3.8, 4) is 11.5 Å². The van der Waals surface area contributed by atoms with E-state index >= 15 is 0 Å². The summed E-state index contributed by atoms with van der Waals surface area (Å²) < 4.78 is 19.4. The van der Waals surface area contributed by atoms with E-state index in [1.54, 1.807) is 25.1 Å². The molecule has 1 aliphatic rings. The molecule has 1 aliphatic heterocycles. The summed E-state index contributed by atoms with van der Waals surface area (Å²) >= 11 is 0. The van der Waals surface area contributed by atoms with E-state index in [1.165, 1.54) is 18.2 Å². The Labute approximate surface area is 217 Å². The number of hydrogen-bond acceptors (Lipinski definition) is 7. The van der Waals surface area contributed by atoms with E-state index in [4.69, 9.17) is 4.74 Å². The molecule has 3 aromatic rings. The molecule has 9 nitrogen and oxygen atoms in total. The number of rotatable bonds is 7. The van der Waals surface area contributed by atoms with Crippen molar-refractivity contribution >= 4 is 28.8 Å². The summed E-state index contributed by atoms with van der Waals surface area (Å²) in [6, 6.07) is 11.7. The maximum atomic E-state index is 13.6. The number of halogens is 1. The number of ketones is 1. The number of ether oxygens (including phenoxy) is 1. The van der Waals surface area contributed by atoms with Crippen LogP contribution in [-0.4, -0.2) is 33.4 Å². The van der Waals surface area contributed by atoms with Crippen LogP contribution in [0.15, 0.2) is 66.2 Å². The number of carbonyl (C=O) groups is 2. The molecule has 0 spiro atoms. The molecule has 0 saturated carbocycles. The van der Waals surface area contributed by atoms with Gasteiger partial charge in [0.1, 0.15) is 17.3 Å². The van der Waals surface area contributed by atoms with Gasteiger partial charge in [-0.15, -0.1) is 0 Å². The number of nitro benzene ring substituents is 1. The van der Waals surface area contributed by atoms with Gasteiger partial charge in [-0.05, 0) is 72.5 Å². The zero-order valence-corrected chi connectivity index (χ0v) is 20.8. The van der Waals surface area contributed by atoms with Gasteiger partial charge in [0.25, 0.3) is 11.7 Å². The van der Waals surface area contributed by atoms with Crippen LogP contribution in [0.25, 0.3) is 5.76 Å². The molecule has 2 N–H and O–H groups in total. The van der Waals surface area contributed by atoms with Crippen LogP contribution < -0.4 is 9.64 Å². The number of Topliss-reactive ketones (excluding diaryl/α,β-unsaturated/α-hetero) is 1. The van der Waals surface area contributed by atoms with Gasteiger partial charge in [-0.3, -0.25) is 24.6 Å². The van der Waals surface area contributed by atoms with E-state index in [-0.39, 0.29) is 22.4 Å². The predicted octanol–water partition coefficient (Wildman–Crippen LogP) is 5.41. The topological polar surface area (TPSA) is 130 Å². The fourth-order valence-corrected chi connectivity index (χ4v) is 4.24. The van der Waals surface area contributed by atoms with Gasteiger partial charge in [-0.1, -0.05) is 19.9 Å². The maximum absolute atomic E-state index is 13.6. The molecule has 1 heterocycles. The summed E-state index contributed by atoms with van der Waals surface area (Å²) in [5.41, 5.74) is 0.188. The van der Waals surface area contributed by atoms with Crippen LogP contribution in [0.1, 0.15) is 36.6 Å². The first-order valence-corrected chi connectivity index (χ1v) is 11.8. The van der Waals surface area contributed by atoms with E-state index in [2.05, 4.69) is 0 Å². The number of aliphatic hydroxyl groups excluding tert-OH is 1. The predicted molar refractivity (Wildman–Crippen MR) is 137 cm³/mol. The number of nitro groups is 1. The second-order valence-electron chi connectivity index (χ2n) is 9.34. The van der Waals surface area contributed by atoms with Crippen molar-refractivity contribution < 1.29 is 33.9 Å². The molecule has 196 valence electrons. The Hall–Kier alpha value is -4.73. The fraction of sp³-hybridized carbons (Fsp3) is 0.214. The second-order valence-corrected chi connectivity index (χ2v) is 9.34. The molecule has 0 aromatic heterocycles. The van der Waals surface area contributed by atoms with Crippen LogP contribution in [0.5, 0.6) is 11.5 Å². The van der Waals surface area contributed by atoms with Crippen LogP contribution in [0.2, 0.25) is 0 Å². The Balaban J connectivity index is 1.90. The summed E-state index contributed by atoms with van der Waals surface area (Å²) in [5, 5.41) is 32.8. The molecule has 1 amide bonds. The Kier molecular flexibility index (Phi) is 7.16. The Morgan fingerprint density at radius 1 is 1.11 bits per heavy atom. The van der Waals surface area contributed by atoms with Crippen LogP contribution >= 0.6 is 0 Å². The van der Waals surface area contributed by atoms with Crippen molar-refractivity contribution in [2.75, 3.05) is 11.5 Å². The number of anilines is 1. The third-order valence-corrected chi connectivity index (χ3v) is 6.08. The van der Waals surface area contributed by atoms with E-state index in [1.807, 2.05) is 13.8 Å². The molecule has 4 rings (SSSR count). The molecule has 3 aromatic carbocycles. The molecule has 1 saturated heterocycles. The van der Waals surface area contributed by atoms with Gasteiger partial charge in [0.2, 0.25) is 0 Å². The lowest BCUT2D eigenvalue weighted by Crippen LogP contribution is -2.29. The van der Waals surface area contributed by atoms with Gasteiger partial charge < -0.3 is 14.9 Å². The van der Waals surface area contributed by atoms with Crippen molar-refractivity contribution in [3.05, 3.63) is 98.9 Å². The summed E-state index contributed by atoms with van der Waals surface area (Å²) in [6.07, 6.45) is 0. The Bertz CT molecular complexity index is 1460. The lowest BCUT2D eigenvalue weighted by molar-refractivity contribution is -0.385.